The Morgan fingerprint density at radius 2 is 1.95 bits per heavy atom. The zero-order valence-electron chi connectivity index (χ0n) is 11.6. The molecule has 1 aromatic rings. The van der Waals surface area contributed by atoms with Crippen LogP contribution >= 0.6 is 0 Å². The normalized spacial score (nSPS) is 23.6. The van der Waals surface area contributed by atoms with Gasteiger partial charge >= 0.3 is 0 Å². The van der Waals surface area contributed by atoms with Crippen molar-refractivity contribution in [3.8, 4) is 5.75 Å². The molecule has 1 saturated carbocycles. The van der Waals surface area contributed by atoms with Crippen molar-refractivity contribution in [2.75, 3.05) is 19.6 Å². The lowest BCUT2D eigenvalue weighted by Gasteiger charge is -2.50. The van der Waals surface area contributed by atoms with Crippen molar-refractivity contribution in [2.24, 2.45) is 0 Å². The van der Waals surface area contributed by atoms with Crippen LogP contribution in [0.4, 0.5) is 0 Å². The highest BCUT2D eigenvalue weighted by Crippen LogP contribution is 2.36. The number of aromatic hydroxyl groups is 1. The predicted molar refractivity (Wildman–Crippen MR) is 77.2 cm³/mol. The second-order valence-electron chi connectivity index (χ2n) is 6.01. The molecule has 1 spiro atoms. The predicted octanol–water partition coefficient (Wildman–Crippen LogP) is 2.50. The molecule has 1 aliphatic carbocycles. The van der Waals surface area contributed by atoms with Crippen LogP contribution < -0.4 is 5.32 Å². The second-order valence-corrected chi connectivity index (χ2v) is 6.01. The molecule has 1 saturated heterocycles. The molecule has 1 aromatic carbocycles. The Morgan fingerprint density at radius 1 is 1.16 bits per heavy atom. The Bertz CT molecular complexity index is 418. The summed E-state index contributed by atoms with van der Waals surface area (Å²) in [7, 11) is 0. The van der Waals surface area contributed by atoms with E-state index in [0.717, 1.165) is 31.7 Å². The Hall–Kier alpha value is -1.06. The molecule has 3 rings (SSSR count). The Kier molecular flexibility index (Phi) is 3.76. The summed E-state index contributed by atoms with van der Waals surface area (Å²) in [5.41, 5.74) is 1.40. The van der Waals surface area contributed by atoms with Crippen molar-refractivity contribution >= 4 is 0 Å². The molecule has 0 radical (unpaired) electrons. The van der Waals surface area contributed by atoms with E-state index in [-0.39, 0.29) is 0 Å². The molecule has 3 nitrogen and oxygen atoms in total. The van der Waals surface area contributed by atoms with Crippen LogP contribution in [0.25, 0.3) is 0 Å². The number of benzene rings is 1. The Balaban J connectivity index is 1.79. The van der Waals surface area contributed by atoms with Gasteiger partial charge in [0.1, 0.15) is 5.75 Å². The summed E-state index contributed by atoms with van der Waals surface area (Å²) in [5, 5.41) is 13.6. The van der Waals surface area contributed by atoms with Gasteiger partial charge in [-0.25, -0.2) is 0 Å². The number of hydrogen-bond acceptors (Lipinski definition) is 3. The van der Waals surface area contributed by atoms with Crippen molar-refractivity contribution in [3.05, 3.63) is 29.8 Å². The van der Waals surface area contributed by atoms with E-state index in [1.807, 2.05) is 18.2 Å². The fraction of sp³-hybridized carbons (Fsp3) is 0.625. The summed E-state index contributed by atoms with van der Waals surface area (Å²) in [4.78, 5) is 2.61. The van der Waals surface area contributed by atoms with E-state index in [2.05, 4.69) is 10.2 Å². The number of phenols is 1. The van der Waals surface area contributed by atoms with E-state index in [1.54, 1.807) is 6.07 Å². The Labute approximate surface area is 115 Å². The average molecular weight is 260 g/mol. The highest BCUT2D eigenvalue weighted by atomic mass is 16.3. The van der Waals surface area contributed by atoms with Gasteiger partial charge in [-0.15, -0.1) is 0 Å². The van der Waals surface area contributed by atoms with Crippen LogP contribution in [0.5, 0.6) is 5.75 Å². The average Bonchev–Trinajstić information content (AvgIpc) is 2.45. The summed E-state index contributed by atoms with van der Waals surface area (Å²) >= 11 is 0. The smallest absolute Gasteiger partial charge is 0.120 e. The van der Waals surface area contributed by atoms with Crippen molar-refractivity contribution in [3.63, 3.8) is 0 Å². The number of hydrogen-bond donors (Lipinski definition) is 2. The zero-order chi connectivity index (χ0) is 13.1. The minimum absolute atomic E-state index is 0.332. The third-order valence-electron chi connectivity index (χ3n) is 4.82. The molecule has 2 aliphatic rings. The maximum absolute atomic E-state index is 9.99. The fourth-order valence-electron chi connectivity index (χ4n) is 3.68. The molecule has 0 unspecified atom stereocenters. The highest BCUT2D eigenvalue weighted by molar-refractivity contribution is 5.31. The van der Waals surface area contributed by atoms with Gasteiger partial charge in [0, 0.05) is 37.3 Å². The quantitative estimate of drug-likeness (QED) is 0.857. The van der Waals surface area contributed by atoms with Gasteiger partial charge in [-0.2, -0.15) is 0 Å². The minimum atomic E-state index is 0.332. The monoisotopic (exact) mass is 260 g/mol. The maximum atomic E-state index is 9.99. The second kappa shape index (κ2) is 5.51. The summed E-state index contributed by atoms with van der Waals surface area (Å²) < 4.78 is 0. The molecule has 0 aromatic heterocycles. The van der Waals surface area contributed by atoms with Gasteiger partial charge in [-0.05, 0) is 18.9 Å². The third-order valence-corrected chi connectivity index (χ3v) is 4.82. The van der Waals surface area contributed by atoms with E-state index in [1.165, 1.54) is 32.1 Å². The first-order valence-electron chi connectivity index (χ1n) is 7.53. The van der Waals surface area contributed by atoms with Crippen molar-refractivity contribution < 1.29 is 5.11 Å². The molecule has 2 fully saturated rings. The van der Waals surface area contributed by atoms with E-state index in [4.69, 9.17) is 0 Å². The van der Waals surface area contributed by atoms with Crippen LogP contribution in [0.15, 0.2) is 24.3 Å². The van der Waals surface area contributed by atoms with Crippen molar-refractivity contribution in [2.45, 2.75) is 44.2 Å². The van der Waals surface area contributed by atoms with Crippen LogP contribution in [-0.4, -0.2) is 35.2 Å². The van der Waals surface area contributed by atoms with Crippen LogP contribution in [0.2, 0.25) is 0 Å². The molecular weight excluding hydrogens is 236 g/mol. The summed E-state index contributed by atoms with van der Waals surface area (Å²) in [5.74, 6) is 0.437. The number of phenolic OH excluding ortho intramolecular Hbond substituents is 1. The SMILES string of the molecule is Oc1ccccc1CN1CCNCC12CCCCC2. The van der Waals surface area contributed by atoms with E-state index in [9.17, 15) is 5.11 Å². The molecule has 0 atom stereocenters. The number of rotatable bonds is 2. The lowest BCUT2D eigenvalue weighted by Crippen LogP contribution is -2.61. The van der Waals surface area contributed by atoms with Crippen LogP contribution in [-0.2, 0) is 6.54 Å². The number of nitrogens with zero attached hydrogens (tertiary/aromatic N) is 1. The minimum Gasteiger partial charge on any atom is -0.508 e. The molecule has 3 heteroatoms. The van der Waals surface area contributed by atoms with E-state index in [0.29, 0.717) is 11.3 Å². The molecular formula is C16H24N2O. The number of para-hydroxylation sites is 1. The first-order chi connectivity index (χ1) is 9.30. The van der Waals surface area contributed by atoms with E-state index >= 15 is 0 Å². The number of nitrogens with one attached hydrogen (secondary N) is 1. The molecule has 1 heterocycles. The molecule has 19 heavy (non-hydrogen) atoms. The molecule has 104 valence electrons. The van der Waals surface area contributed by atoms with Crippen molar-refractivity contribution in [1.29, 1.82) is 0 Å². The first kappa shape index (κ1) is 12.9. The molecule has 0 bridgehead atoms. The summed E-state index contributed by atoms with van der Waals surface area (Å²) in [6.45, 7) is 4.15. The molecule has 0 amide bonds. The van der Waals surface area contributed by atoms with Gasteiger partial charge in [-0.3, -0.25) is 4.90 Å². The van der Waals surface area contributed by atoms with Crippen LogP contribution in [0.1, 0.15) is 37.7 Å². The van der Waals surface area contributed by atoms with Gasteiger partial charge in [-0.1, -0.05) is 37.5 Å². The van der Waals surface area contributed by atoms with Gasteiger partial charge in [0.25, 0.3) is 0 Å². The Morgan fingerprint density at radius 3 is 2.74 bits per heavy atom. The zero-order valence-corrected chi connectivity index (χ0v) is 11.6. The summed E-state index contributed by atoms with van der Waals surface area (Å²) in [6, 6.07) is 7.76. The van der Waals surface area contributed by atoms with Gasteiger partial charge in [0.2, 0.25) is 0 Å². The topological polar surface area (TPSA) is 35.5 Å². The fourth-order valence-corrected chi connectivity index (χ4v) is 3.68. The third kappa shape index (κ3) is 2.63. The number of piperazine rings is 1. The highest BCUT2D eigenvalue weighted by Gasteiger charge is 2.39. The van der Waals surface area contributed by atoms with Crippen LogP contribution in [0.3, 0.4) is 0 Å². The van der Waals surface area contributed by atoms with Gasteiger partial charge in [0.05, 0.1) is 0 Å². The molecule has 2 N–H and O–H groups in total. The summed E-state index contributed by atoms with van der Waals surface area (Å²) in [6.07, 6.45) is 6.67. The lowest BCUT2D eigenvalue weighted by atomic mass is 9.79. The van der Waals surface area contributed by atoms with Crippen molar-refractivity contribution in [1.82, 2.24) is 10.2 Å². The largest absolute Gasteiger partial charge is 0.508 e. The van der Waals surface area contributed by atoms with Crippen LogP contribution in [0, 0.1) is 0 Å². The van der Waals surface area contributed by atoms with E-state index < -0.39 is 0 Å². The first-order valence-corrected chi connectivity index (χ1v) is 7.53. The standard InChI is InChI=1S/C16H24N2O/c19-15-7-3-2-6-14(15)12-18-11-10-17-13-16(18)8-4-1-5-9-16/h2-3,6-7,17,19H,1,4-5,8-13H2. The van der Waals surface area contributed by atoms with Gasteiger partial charge in [0.15, 0.2) is 0 Å². The lowest BCUT2D eigenvalue weighted by molar-refractivity contribution is 0.0204. The molecule has 1 aliphatic heterocycles. The maximum Gasteiger partial charge on any atom is 0.120 e. The van der Waals surface area contributed by atoms with Gasteiger partial charge < -0.3 is 10.4 Å².